The van der Waals surface area contributed by atoms with Crippen LogP contribution in [0.2, 0.25) is 0 Å². The van der Waals surface area contributed by atoms with E-state index >= 15 is 0 Å². The van der Waals surface area contributed by atoms with Crippen LogP contribution >= 0.6 is 0 Å². The summed E-state index contributed by atoms with van der Waals surface area (Å²) in [6.45, 7) is 12.2. The quantitative estimate of drug-likeness (QED) is 0.279. The molecule has 1 spiro atoms. The molecule has 35 heavy (non-hydrogen) atoms. The first-order chi connectivity index (χ1) is 16.4. The molecule has 1 aromatic rings. The van der Waals surface area contributed by atoms with Crippen molar-refractivity contribution < 1.29 is 28.7 Å². The van der Waals surface area contributed by atoms with E-state index in [1.54, 1.807) is 18.6 Å². The molecule has 3 saturated carbocycles. The van der Waals surface area contributed by atoms with E-state index in [4.69, 9.17) is 13.9 Å². The van der Waals surface area contributed by atoms with E-state index in [1.165, 1.54) is 6.92 Å². The Balaban J connectivity index is 1.56. The summed E-state index contributed by atoms with van der Waals surface area (Å²) in [5, 5.41) is 13.9. The average Bonchev–Trinajstić information content (AvgIpc) is 3.22. The van der Waals surface area contributed by atoms with E-state index in [1.807, 2.05) is 19.9 Å². The van der Waals surface area contributed by atoms with E-state index in [0.29, 0.717) is 12.1 Å². The summed E-state index contributed by atoms with van der Waals surface area (Å²) in [6, 6.07) is 1.94. The molecule has 0 amide bonds. The Labute approximate surface area is 205 Å². The van der Waals surface area contributed by atoms with Crippen molar-refractivity contribution in [2.45, 2.75) is 84.5 Å². The molecule has 9 atom stereocenters. The second kappa shape index (κ2) is 6.67. The third-order valence-electron chi connectivity index (χ3n) is 11.2. The van der Waals surface area contributed by atoms with E-state index in [0.717, 1.165) is 18.4 Å². The summed E-state index contributed by atoms with van der Waals surface area (Å²) in [4.78, 5) is 25.4. The Bertz CT molecular complexity index is 1170. The topological polar surface area (TPSA) is 102 Å². The number of esters is 1. The third-order valence-corrected chi connectivity index (χ3v) is 11.2. The van der Waals surface area contributed by atoms with Crippen molar-refractivity contribution in [1.82, 2.24) is 0 Å². The van der Waals surface area contributed by atoms with Crippen LogP contribution in [0, 0.1) is 33.5 Å². The van der Waals surface area contributed by atoms with Gasteiger partial charge in [-0.25, -0.2) is 0 Å². The van der Waals surface area contributed by atoms with Crippen LogP contribution in [0.1, 0.15) is 72.3 Å². The molecule has 7 nitrogen and oxygen atoms in total. The summed E-state index contributed by atoms with van der Waals surface area (Å²) < 4.78 is 18.2. The maximum Gasteiger partial charge on any atom is 0.302 e. The lowest BCUT2D eigenvalue weighted by Crippen LogP contribution is -2.70. The van der Waals surface area contributed by atoms with Crippen LogP contribution in [-0.2, 0) is 19.1 Å². The Hall–Kier alpha value is -2.41. The third kappa shape index (κ3) is 2.39. The molecule has 0 bridgehead atoms. The lowest BCUT2D eigenvalue weighted by atomic mass is 9.36. The van der Waals surface area contributed by atoms with E-state index < -0.39 is 22.5 Å². The molecule has 4 fully saturated rings. The molecule has 1 aromatic heterocycles. The monoisotopic (exact) mass is 481 g/mol. The summed E-state index contributed by atoms with van der Waals surface area (Å²) in [5.41, 5.74) is -0.793. The predicted molar refractivity (Wildman–Crippen MR) is 127 cm³/mol. The van der Waals surface area contributed by atoms with Gasteiger partial charge in [-0.2, -0.15) is 0 Å². The van der Waals surface area contributed by atoms with Crippen LogP contribution in [-0.4, -0.2) is 40.5 Å². The number of hydrogen-bond acceptors (Lipinski definition) is 7. The lowest BCUT2D eigenvalue weighted by Gasteiger charge is -2.67. The highest BCUT2D eigenvalue weighted by Gasteiger charge is 2.89. The molecule has 1 aliphatic heterocycles. The maximum absolute atomic E-state index is 13.0. The number of carbonyl (C=O) groups is 2. The van der Waals surface area contributed by atoms with Gasteiger partial charge in [-0.3, -0.25) is 9.59 Å². The van der Waals surface area contributed by atoms with Crippen molar-refractivity contribution in [3.05, 3.63) is 36.3 Å². The smallest absolute Gasteiger partial charge is 0.302 e. The molecule has 6 rings (SSSR count). The van der Waals surface area contributed by atoms with Crippen molar-refractivity contribution >= 4 is 17.5 Å². The van der Waals surface area contributed by atoms with Gasteiger partial charge in [-0.15, -0.1) is 0 Å². The largest absolute Gasteiger partial charge is 0.472 e. The van der Waals surface area contributed by atoms with Crippen LogP contribution < -0.4 is 0 Å². The fourth-order valence-corrected chi connectivity index (χ4v) is 9.69. The van der Waals surface area contributed by atoms with Crippen molar-refractivity contribution in [3.8, 4) is 0 Å². The molecule has 0 unspecified atom stereocenters. The van der Waals surface area contributed by atoms with E-state index in [-0.39, 0.29) is 46.4 Å². The number of carbonyl (C=O) groups excluding carboxylic acids is 2. The molecule has 1 saturated heterocycles. The number of rotatable bonds is 2. The second-order valence-electron chi connectivity index (χ2n) is 12.7. The lowest BCUT2D eigenvalue weighted by molar-refractivity contribution is -0.231. The summed E-state index contributed by atoms with van der Waals surface area (Å²) in [7, 11) is 0. The van der Waals surface area contributed by atoms with Crippen molar-refractivity contribution in [2.24, 2.45) is 38.7 Å². The van der Waals surface area contributed by atoms with Gasteiger partial charge in [0.15, 0.2) is 5.78 Å². The minimum Gasteiger partial charge on any atom is -0.472 e. The zero-order valence-electron chi connectivity index (χ0n) is 21.3. The van der Waals surface area contributed by atoms with Gasteiger partial charge in [0.25, 0.3) is 0 Å². The Kier molecular flexibility index (Phi) is 4.38. The highest BCUT2D eigenvalue weighted by atomic mass is 16.6. The second-order valence-corrected chi connectivity index (χ2v) is 12.7. The highest BCUT2D eigenvalue weighted by molar-refractivity contribution is 6.02. The van der Waals surface area contributed by atoms with Gasteiger partial charge in [-0.05, 0) is 54.2 Å². The standard InChI is InChI=1S/C28H35NO6/c1-15(30)34-20-13-18-24(2,3)19(31)8-10-25(18,4)17-7-11-26(5)21(16-9-12-33-14-16)22(29-32)23-28(26,35-23)27(17,20)6/h8-10,12,14,17-18,20-21,23,32H,7,11,13H2,1-6H3/b29-22+/t17-,18+,20-,21-,23-,25-,26+,27+,28-/m1/s1. The summed E-state index contributed by atoms with van der Waals surface area (Å²) >= 11 is 0. The molecule has 188 valence electrons. The van der Waals surface area contributed by atoms with Crippen LogP contribution in [0.25, 0.3) is 0 Å². The molecular formula is C28H35NO6. The summed E-state index contributed by atoms with van der Waals surface area (Å²) in [5.74, 6) is -0.200. The first kappa shape index (κ1) is 23.0. The van der Waals surface area contributed by atoms with E-state index in [2.05, 4.69) is 32.0 Å². The molecular weight excluding hydrogens is 446 g/mol. The zero-order chi connectivity index (χ0) is 25.2. The fraction of sp³-hybridized carbons (Fsp3) is 0.679. The number of ether oxygens (including phenoxy) is 2. The van der Waals surface area contributed by atoms with Gasteiger partial charge in [0.1, 0.15) is 17.8 Å². The predicted octanol–water partition coefficient (Wildman–Crippen LogP) is 4.89. The normalized spacial score (nSPS) is 50.2. The van der Waals surface area contributed by atoms with Gasteiger partial charge in [0.05, 0.1) is 18.2 Å². The molecule has 0 radical (unpaired) electrons. The Morgan fingerprint density at radius 3 is 2.57 bits per heavy atom. The minimum atomic E-state index is -0.653. The number of nitrogens with zero attached hydrogens (tertiary/aromatic N) is 1. The van der Waals surface area contributed by atoms with Crippen LogP contribution in [0.15, 0.2) is 40.3 Å². The maximum atomic E-state index is 13.0. The Morgan fingerprint density at radius 1 is 1.20 bits per heavy atom. The van der Waals surface area contributed by atoms with Gasteiger partial charge < -0.3 is 19.1 Å². The zero-order valence-corrected chi connectivity index (χ0v) is 21.3. The molecule has 1 N–H and O–H groups in total. The summed E-state index contributed by atoms with van der Waals surface area (Å²) in [6.07, 6.45) is 8.82. The van der Waals surface area contributed by atoms with Crippen molar-refractivity contribution in [1.29, 1.82) is 0 Å². The number of fused-ring (bicyclic) bond motifs is 3. The minimum absolute atomic E-state index is 0.0323. The number of ketones is 1. The van der Waals surface area contributed by atoms with Gasteiger partial charge in [0, 0.05) is 29.1 Å². The molecule has 4 aliphatic carbocycles. The van der Waals surface area contributed by atoms with Gasteiger partial charge >= 0.3 is 5.97 Å². The SMILES string of the molecule is CC(=O)O[C@@H]1C[C@H]2C(C)(C)C(=O)C=C[C@]2(C)[C@H]2CC[C@@]3(C)[C@H](c4ccoc4)/C(=N\O)[C@H]4O[C@]43[C@@]21C. The first-order valence-corrected chi connectivity index (χ1v) is 12.7. The van der Waals surface area contributed by atoms with Gasteiger partial charge in [0.2, 0.25) is 0 Å². The van der Waals surface area contributed by atoms with E-state index in [9.17, 15) is 14.8 Å². The van der Waals surface area contributed by atoms with Crippen LogP contribution in [0.5, 0.6) is 0 Å². The first-order valence-electron chi connectivity index (χ1n) is 12.7. The van der Waals surface area contributed by atoms with Gasteiger partial charge in [-0.1, -0.05) is 45.9 Å². The molecule has 0 aromatic carbocycles. The molecule has 2 heterocycles. The molecule has 7 heteroatoms. The number of epoxide rings is 1. The average molecular weight is 482 g/mol. The molecule has 5 aliphatic rings. The number of hydrogen-bond donors (Lipinski definition) is 1. The number of oxime groups is 1. The van der Waals surface area contributed by atoms with Crippen LogP contribution in [0.4, 0.5) is 0 Å². The van der Waals surface area contributed by atoms with Crippen molar-refractivity contribution in [3.63, 3.8) is 0 Å². The fourth-order valence-electron chi connectivity index (χ4n) is 9.69. The van der Waals surface area contributed by atoms with Crippen molar-refractivity contribution in [2.75, 3.05) is 0 Å². The number of furan rings is 1. The number of allylic oxidation sites excluding steroid dienone is 2. The van der Waals surface area contributed by atoms with Crippen LogP contribution in [0.3, 0.4) is 0 Å². The highest BCUT2D eigenvalue weighted by Crippen LogP contribution is 2.81. The Morgan fingerprint density at radius 2 is 1.94 bits per heavy atom.